The Labute approximate surface area is 173 Å². The highest BCUT2D eigenvalue weighted by molar-refractivity contribution is 5.83. The molecule has 0 radical (unpaired) electrons. The van der Waals surface area contributed by atoms with E-state index in [0.29, 0.717) is 35.2 Å². The molecule has 1 atom stereocenters. The zero-order valence-corrected chi connectivity index (χ0v) is 17.4. The van der Waals surface area contributed by atoms with E-state index >= 15 is 0 Å². The van der Waals surface area contributed by atoms with Gasteiger partial charge in [0.25, 0.3) is 0 Å². The number of nitrogens with zero attached hydrogens (tertiary/aromatic N) is 5. The molecular weight excluding hydrogens is 390 g/mol. The van der Waals surface area contributed by atoms with Gasteiger partial charge < -0.3 is 30.7 Å². The predicted octanol–water partition coefficient (Wildman–Crippen LogP) is 1.70. The van der Waals surface area contributed by atoms with Gasteiger partial charge in [-0.2, -0.15) is 9.97 Å². The summed E-state index contributed by atoms with van der Waals surface area (Å²) >= 11 is 0. The van der Waals surface area contributed by atoms with Crippen LogP contribution in [0.25, 0.3) is 11.2 Å². The van der Waals surface area contributed by atoms with Gasteiger partial charge in [0.15, 0.2) is 17.0 Å². The summed E-state index contributed by atoms with van der Waals surface area (Å²) in [5.74, 6) is 0.989. The van der Waals surface area contributed by atoms with Crippen LogP contribution >= 0.6 is 0 Å². The van der Waals surface area contributed by atoms with Crippen molar-refractivity contribution < 1.29 is 20.1 Å². The Morgan fingerprint density at radius 3 is 2.43 bits per heavy atom. The molecule has 0 bridgehead atoms. The summed E-state index contributed by atoms with van der Waals surface area (Å²) in [4.78, 5) is 8.98. The van der Waals surface area contributed by atoms with Crippen LogP contribution < -0.4 is 15.4 Å². The number of rotatable bonds is 9. The Kier molecular flexibility index (Phi) is 6.40. The van der Waals surface area contributed by atoms with Crippen LogP contribution in [0.15, 0.2) is 12.1 Å². The molecule has 2 heterocycles. The zero-order valence-electron chi connectivity index (χ0n) is 17.4. The third kappa shape index (κ3) is 4.30. The SMILES string of the molecule is CCn1nnc2c(NCc3c(O)cc(OC)cc3O)nc(NC(CO)C(C)C)nc21. The van der Waals surface area contributed by atoms with Gasteiger partial charge >= 0.3 is 0 Å². The Morgan fingerprint density at radius 1 is 1.17 bits per heavy atom. The van der Waals surface area contributed by atoms with E-state index in [0.717, 1.165) is 0 Å². The predicted molar refractivity (Wildman–Crippen MR) is 112 cm³/mol. The van der Waals surface area contributed by atoms with Crippen LogP contribution in [0.2, 0.25) is 0 Å². The second kappa shape index (κ2) is 8.99. The highest BCUT2D eigenvalue weighted by Gasteiger charge is 2.19. The summed E-state index contributed by atoms with van der Waals surface area (Å²) in [7, 11) is 1.45. The van der Waals surface area contributed by atoms with Gasteiger partial charge in [-0.1, -0.05) is 19.1 Å². The number of hydrogen-bond donors (Lipinski definition) is 5. The summed E-state index contributed by atoms with van der Waals surface area (Å²) in [5, 5.41) is 44.5. The molecule has 11 nitrogen and oxygen atoms in total. The quantitative estimate of drug-likeness (QED) is 0.348. The van der Waals surface area contributed by atoms with Crippen molar-refractivity contribution in [1.29, 1.82) is 0 Å². The van der Waals surface area contributed by atoms with Crippen LogP contribution in [-0.4, -0.2) is 60.0 Å². The number of nitrogens with one attached hydrogen (secondary N) is 2. The van der Waals surface area contributed by atoms with E-state index in [2.05, 4.69) is 30.9 Å². The first-order chi connectivity index (χ1) is 14.4. The smallest absolute Gasteiger partial charge is 0.227 e. The number of anilines is 2. The molecule has 0 aliphatic rings. The molecule has 2 aromatic heterocycles. The lowest BCUT2D eigenvalue weighted by molar-refractivity contribution is 0.248. The molecule has 5 N–H and O–H groups in total. The second-order valence-electron chi connectivity index (χ2n) is 7.15. The van der Waals surface area contributed by atoms with E-state index < -0.39 is 0 Å². The number of methoxy groups -OCH3 is 1. The average molecular weight is 417 g/mol. The van der Waals surface area contributed by atoms with Crippen molar-refractivity contribution in [3.63, 3.8) is 0 Å². The Bertz CT molecular complexity index is 999. The fraction of sp³-hybridized carbons (Fsp3) is 0.474. The third-order valence-corrected chi connectivity index (χ3v) is 4.82. The van der Waals surface area contributed by atoms with Crippen LogP contribution in [-0.2, 0) is 13.1 Å². The highest BCUT2D eigenvalue weighted by Crippen LogP contribution is 2.33. The first-order valence-electron chi connectivity index (χ1n) is 9.69. The third-order valence-electron chi connectivity index (χ3n) is 4.82. The number of aromatic nitrogens is 5. The number of aliphatic hydroxyl groups excluding tert-OH is 1. The lowest BCUT2D eigenvalue weighted by Gasteiger charge is -2.20. The van der Waals surface area contributed by atoms with Gasteiger partial charge in [0.05, 0.1) is 25.3 Å². The van der Waals surface area contributed by atoms with Gasteiger partial charge in [-0.15, -0.1) is 5.10 Å². The Balaban J connectivity index is 1.95. The van der Waals surface area contributed by atoms with Crippen LogP contribution in [0, 0.1) is 5.92 Å². The van der Waals surface area contributed by atoms with Crippen molar-refractivity contribution in [3.8, 4) is 17.2 Å². The van der Waals surface area contributed by atoms with Crippen LogP contribution in [0.1, 0.15) is 26.3 Å². The van der Waals surface area contributed by atoms with Crippen molar-refractivity contribution in [1.82, 2.24) is 25.0 Å². The average Bonchev–Trinajstić information content (AvgIpc) is 3.13. The minimum Gasteiger partial charge on any atom is -0.507 e. The van der Waals surface area contributed by atoms with Crippen molar-refractivity contribution in [3.05, 3.63) is 17.7 Å². The summed E-state index contributed by atoms with van der Waals surface area (Å²) in [6, 6.07) is 2.61. The summed E-state index contributed by atoms with van der Waals surface area (Å²) in [6.07, 6.45) is 0. The van der Waals surface area contributed by atoms with Gasteiger partial charge in [-0.25, -0.2) is 4.68 Å². The van der Waals surface area contributed by atoms with E-state index in [4.69, 9.17) is 4.74 Å². The maximum atomic E-state index is 10.2. The van der Waals surface area contributed by atoms with Gasteiger partial charge in [-0.05, 0) is 12.8 Å². The second-order valence-corrected chi connectivity index (χ2v) is 7.15. The molecule has 162 valence electrons. The minimum atomic E-state index is -0.226. The molecule has 0 amide bonds. The van der Waals surface area contributed by atoms with Crippen molar-refractivity contribution in [2.75, 3.05) is 24.4 Å². The molecule has 0 aliphatic heterocycles. The summed E-state index contributed by atoms with van der Waals surface area (Å²) in [6.45, 7) is 6.48. The van der Waals surface area contributed by atoms with Gasteiger partial charge in [0.1, 0.15) is 17.2 Å². The van der Waals surface area contributed by atoms with Crippen molar-refractivity contribution in [2.24, 2.45) is 5.92 Å². The van der Waals surface area contributed by atoms with Crippen LogP contribution in [0.3, 0.4) is 0 Å². The van der Waals surface area contributed by atoms with E-state index in [-0.39, 0.29) is 42.2 Å². The first kappa shape index (κ1) is 21.4. The van der Waals surface area contributed by atoms with Gasteiger partial charge in [0, 0.05) is 25.2 Å². The summed E-state index contributed by atoms with van der Waals surface area (Å²) < 4.78 is 6.68. The van der Waals surface area contributed by atoms with Crippen molar-refractivity contribution >= 4 is 22.9 Å². The van der Waals surface area contributed by atoms with Gasteiger partial charge in [0.2, 0.25) is 5.95 Å². The van der Waals surface area contributed by atoms with E-state index in [1.54, 1.807) is 4.68 Å². The van der Waals surface area contributed by atoms with Crippen molar-refractivity contribution in [2.45, 2.75) is 39.9 Å². The van der Waals surface area contributed by atoms with Crippen LogP contribution in [0.4, 0.5) is 11.8 Å². The van der Waals surface area contributed by atoms with Gasteiger partial charge in [-0.3, -0.25) is 0 Å². The molecule has 0 fully saturated rings. The zero-order chi connectivity index (χ0) is 21.8. The van der Waals surface area contributed by atoms with Crippen LogP contribution in [0.5, 0.6) is 17.2 Å². The molecule has 0 aliphatic carbocycles. The number of benzene rings is 1. The lowest BCUT2D eigenvalue weighted by Crippen LogP contribution is -2.30. The maximum absolute atomic E-state index is 10.2. The van der Waals surface area contributed by atoms with E-state index in [1.165, 1.54) is 19.2 Å². The Hall–Kier alpha value is -3.34. The summed E-state index contributed by atoms with van der Waals surface area (Å²) in [5.41, 5.74) is 1.27. The fourth-order valence-electron chi connectivity index (χ4n) is 2.93. The molecule has 30 heavy (non-hydrogen) atoms. The molecule has 0 saturated carbocycles. The highest BCUT2D eigenvalue weighted by atomic mass is 16.5. The fourth-order valence-corrected chi connectivity index (χ4v) is 2.93. The molecule has 3 rings (SSSR count). The number of phenols is 2. The molecule has 3 aromatic rings. The maximum Gasteiger partial charge on any atom is 0.227 e. The van der Waals surface area contributed by atoms with E-state index in [9.17, 15) is 15.3 Å². The minimum absolute atomic E-state index is 0.0687. The molecule has 1 aromatic carbocycles. The molecule has 0 saturated heterocycles. The largest absolute Gasteiger partial charge is 0.507 e. The number of ether oxygens (including phenoxy) is 1. The van der Waals surface area contributed by atoms with E-state index in [1.807, 2.05) is 20.8 Å². The Morgan fingerprint density at radius 2 is 1.87 bits per heavy atom. The lowest BCUT2D eigenvalue weighted by atomic mass is 10.1. The number of aromatic hydroxyl groups is 2. The standard InChI is InChI=1S/C19H27N7O4/c1-5-26-18-16(24-25-26)17(22-19(23-18)21-13(9-27)10(2)3)20-8-12-14(28)6-11(30-4)7-15(12)29/h6-7,10,13,27-29H,5,8-9H2,1-4H3,(H2,20,21,22,23). The number of phenolic OH excluding ortho intramolecular Hbond substituents is 2. The number of aryl methyl sites for hydroxylation is 1. The normalized spacial score (nSPS) is 12.3. The number of aliphatic hydroxyl groups is 1. The molecule has 11 heteroatoms. The molecular formula is C19H27N7O4. The number of fused-ring (bicyclic) bond motifs is 1. The molecule has 1 unspecified atom stereocenters. The molecule has 0 spiro atoms. The number of hydrogen-bond acceptors (Lipinski definition) is 10. The monoisotopic (exact) mass is 417 g/mol. The topological polar surface area (TPSA) is 150 Å². The first-order valence-corrected chi connectivity index (χ1v) is 9.69.